The summed E-state index contributed by atoms with van der Waals surface area (Å²) in [5.74, 6) is 0. The van der Waals surface area contributed by atoms with Crippen molar-refractivity contribution < 1.29 is 0 Å². The average molecular weight is 377 g/mol. The Kier molecular flexibility index (Phi) is 4.13. The maximum Gasteiger partial charge on any atom is 0.0590 e. The summed E-state index contributed by atoms with van der Waals surface area (Å²) in [6, 6.07) is 32.6. The SMILES string of the molecule is CC.Cn1c2ccccc2c2ccc3c(c4ccccc4n3-c3ccccc3)c21. The van der Waals surface area contributed by atoms with Crippen LogP contribution in [-0.2, 0) is 7.05 Å². The van der Waals surface area contributed by atoms with E-state index in [9.17, 15) is 0 Å². The van der Waals surface area contributed by atoms with E-state index in [2.05, 4.69) is 107 Å². The van der Waals surface area contributed by atoms with Crippen LogP contribution >= 0.6 is 0 Å². The Morgan fingerprint density at radius 3 is 1.90 bits per heavy atom. The highest BCUT2D eigenvalue weighted by Gasteiger charge is 2.18. The summed E-state index contributed by atoms with van der Waals surface area (Å²) in [5.41, 5.74) is 6.27. The molecule has 6 rings (SSSR count). The number of nitrogens with zero attached hydrogens (tertiary/aromatic N) is 2. The Morgan fingerprint density at radius 2 is 1.14 bits per heavy atom. The van der Waals surface area contributed by atoms with Crippen LogP contribution in [0, 0.1) is 0 Å². The third-order valence-electron chi connectivity index (χ3n) is 5.72. The molecule has 0 radical (unpaired) electrons. The number of rotatable bonds is 1. The van der Waals surface area contributed by atoms with Crippen LogP contribution in [0.3, 0.4) is 0 Å². The lowest BCUT2D eigenvalue weighted by molar-refractivity contribution is 1.02. The third kappa shape index (κ3) is 2.42. The fourth-order valence-electron chi connectivity index (χ4n) is 4.58. The van der Waals surface area contributed by atoms with E-state index >= 15 is 0 Å². The van der Waals surface area contributed by atoms with Crippen molar-refractivity contribution in [2.45, 2.75) is 13.8 Å². The molecule has 0 N–H and O–H groups in total. The van der Waals surface area contributed by atoms with Gasteiger partial charge in [0.25, 0.3) is 0 Å². The Balaban J connectivity index is 0.000000882. The number of para-hydroxylation sites is 3. The number of hydrogen-bond donors (Lipinski definition) is 0. The number of aryl methyl sites for hydroxylation is 1. The minimum atomic E-state index is 1.20. The van der Waals surface area contributed by atoms with Crippen LogP contribution in [0.5, 0.6) is 0 Å². The number of hydrogen-bond acceptors (Lipinski definition) is 0. The van der Waals surface area contributed by atoms with Gasteiger partial charge in [0.05, 0.1) is 16.6 Å². The standard InChI is InChI=1S/C25H18N2.C2H6/c1-26-21-13-7-5-11-18(21)19-15-16-23-24(25(19)26)20-12-6-8-14-22(20)27(23)17-9-3-2-4-10-17;1-2/h2-16H,1H3;1-2H3. The maximum absolute atomic E-state index is 2.38. The van der Waals surface area contributed by atoms with E-state index < -0.39 is 0 Å². The van der Waals surface area contributed by atoms with E-state index in [1.807, 2.05) is 13.8 Å². The molecule has 2 aromatic heterocycles. The van der Waals surface area contributed by atoms with Crippen LogP contribution in [0.1, 0.15) is 13.8 Å². The normalized spacial score (nSPS) is 11.3. The summed E-state index contributed by atoms with van der Waals surface area (Å²) in [4.78, 5) is 0. The maximum atomic E-state index is 2.38. The number of benzene rings is 4. The molecule has 0 unspecified atom stereocenters. The minimum absolute atomic E-state index is 1.20. The molecule has 0 aliphatic carbocycles. The van der Waals surface area contributed by atoms with E-state index in [-0.39, 0.29) is 0 Å². The molecule has 0 aliphatic heterocycles. The van der Waals surface area contributed by atoms with E-state index in [1.165, 1.54) is 49.3 Å². The molecule has 2 heterocycles. The van der Waals surface area contributed by atoms with Crippen LogP contribution in [0.15, 0.2) is 91.0 Å². The Hall–Kier alpha value is -3.52. The van der Waals surface area contributed by atoms with Gasteiger partial charge in [0.2, 0.25) is 0 Å². The molecule has 0 fully saturated rings. The first-order valence-corrected chi connectivity index (χ1v) is 10.3. The number of fused-ring (bicyclic) bond motifs is 7. The molecule has 0 saturated heterocycles. The minimum Gasteiger partial charge on any atom is -0.343 e. The second-order valence-corrected chi connectivity index (χ2v) is 7.12. The highest BCUT2D eigenvalue weighted by atomic mass is 15.0. The van der Waals surface area contributed by atoms with Crippen molar-refractivity contribution in [3.05, 3.63) is 91.0 Å². The van der Waals surface area contributed by atoms with Gasteiger partial charge < -0.3 is 9.13 Å². The van der Waals surface area contributed by atoms with Gasteiger partial charge in [0, 0.05) is 39.8 Å². The average Bonchev–Trinajstić information content (AvgIpc) is 3.28. The van der Waals surface area contributed by atoms with Gasteiger partial charge in [0.15, 0.2) is 0 Å². The summed E-state index contributed by atoms with van der Waals surface area (Å²) < 4.78 is 4.72. The van der Waals surface area contributed by atoms with Gasteiger partial charge in [-0.2, -0.15) is 0 Å². The lowest BCUT2D eigenvalue weighted by Crippen LogP contribution is -1.93. The highest BCUT2D eigenvalue weighted by molar-refractivity contribution is 6.25. The largest absolute Gasteiger partial charge is 0.343 e. The van der Waals surface area contributed by atoms with Crippen LogP contribution in [0.25, 0.3) is 49.3 Å². The van der Waals surface area contributed by atoms with Gasteiger partial charge in [0.1, 0.15) is 0 Å². The smallest absolute Gasteiger partial charge is 0.0590 e. The Morgan fingerprint density at radius 1 is 0.517 bits per heavy atom. The van der Waals surface area contributed by atoms with Gasteiger partial charge in [-0.1, -0.05) is 74.5 Å². The fraction of sp³-hybridized carbons (Fsp3) is 0.111. The third-order valence-corrected chi connectivity index (χ3v) is 5.72. The van der Waals surface area contributed by atoms with Crippen molar-refractivity contribution in [1.29, 1.82) is 0 Å². The molecule has 6 aromatic rings. The lowest BCUT2D eigenvalue weighted by Gasteiger charge is -2.07. The summed E-state index contributed by atoms with van der Waals surface area (Å²) in [7, 11) is 2.18. The predicted molar refractivity (Wildman–Crippen MR) is 126 cm³/mol. The second kappa shape index (κ2) is 6.82. The van der Waals surface area contributed by atoms with E-state index in [0.717, 1.165) is 0 Å². The predicted octanol–water partition coefficient (Wildman–Crippen LogP) is 7.45. The molecule has 4 aromatic carbocycles. The van der Waals surface area contributed by atoms with Gasteiger partial charge in [-0.15, -0.1) is 0 Å². The molecule has 0 bridgehead atoms. The van der Waals surface area contributed by atoms with Crippen molar-refractivity contribution in [2.24, 2.45) is 7.05 Å². The zero-order valence-corrected chi connectivity index (χ0v) is 17.1. The van der Waals surface area contributed by atoms with Crippen molar-refractivity contribution in [3.63, 3.8) is 0 Å². The molecule has 0 aliphatic rings. The Labute approximate surface area is 170 Å². The van der Waals surface area contributed by atoms with E-state index in [4.69, 9.17) is 0 Å². The number of aromatic nitrogens is 2. The van der Waals surface area contributed by atoms with Crippen molar-refractivity contribution >= 4 is 43.6 Å². The molecule has 2 nitrogen and oxygen atoms in total. The first-order chi connectivity index (χ1) is 14.3. The highest BCUT2D eigenvalue weighted by Crippen LogP contribution is 2.39. The lowest BCUT2D eigenvalue weighted by atomic mass is 10.1. The van der Waals surface area contributed by atoms with E-state index in [0.29, 0.717) is 0 Å². The molecule has 0 atom stereocenters. The van der Waals surface area contributed by atoms with E-state index in [1.54, 1.807) is 0 Å². The zero-order valence-electron chi connectivity index (χ0n) is 17.1. The molecule has 0 spiro atoms. The summed E-state index contributed by atoms with van der Waals surface area (Å²) in [6.07, 6.45) is 0. The first-order valence-electron chi connectivity index (χ1n) is 10.3. The van der Waals surface area contributed by atoms with Crippen molar-refractivity contribution in [1.82, 2.24) is 9.13 Å². The van der Waals surface area contributed by atoms with Gasteiger partial charge in [-0.3, -0.25) is 0 Å². The topological polar surface area (TPSA) is 9.86 Å². The quantitative estimate of drug-likeness (QED) is 0.282. The van der Waals surface area contributed by atoms with Crippen LogP contribution < -0.4 is 0 Å². The van der Waals surface area contributed by atoms with Gasteiger partial charge in [-0.25, -0.2) is 0 Å². The summed E-state index contributed by atoms with van der Waals surface area (Å²) >= 11 is 0. The van der Waals surface area contributed by atoms with Crippen LogP contribution in [0.2, 0.25) is 0 Å². The van der Waals surface area contributed by atoms with Crippen LogP contribution in [0.4, 0.5) is 0 Å². The molecule has 0 amide bonds. The summed E-state index contributed by atoms with van der Waals surface area (Å²) in [5, 5.41) is 5.25. The van der Waals surface area contributed by atoms with Crippen molar-refractivity contribution in [2.75, 3.05) is 0 Å². The Bertz CT molecular complexity index is 1470. The monoisotopic (exact) mass is 376 g/mol. The zero-order chi connectivity index (χ0) is 20.0. The second-order valence-electron chi connectivity index (χ2n) is 7.12. The molecule has 29 heavy (non-hydrogen) atoms. The molecular formula is C27H24N2. The van der Waals surface area contributed by atoms with Gasteiger partial charge >= 0.3 is 0 Å². The first kappa shape index (κ1) is 17.6. The molecule has 2 heteroatoms. The molecular weight excluding hydrogens is 352 g/mol. The molecule has 142 valence electrons. The van der Waals surface area contributed by atoms with Gasteiger partial charge in [-0.05, 0) is 30.3 Å². The van der Waals surface area contributed by atoms with Crippen molar-refractivity contribution in [3.8, 4) is 5.69 Å². The summed E-state index contributed by atoms with van der Waals surface area (Å²) in [6.45, 7) is 4.00. The van der Waals surface area contributed by atoms with Crippen LogP contribution in [-0.4, -0.2) is 9.13 Å². The fourth-order valence-corrected chi connectivity index (χ4v) is 4.58. The molecule has 0 saturated carbocycles.